The second kappa shape index (κ2) is 6.48. The van der Waals surface area contributed by atoms with Gasteiger partial charge >= 0.3 is 5.97 Å². The summed E-state index contributed by atoms with van der Waals surface area (Å²) in [6.07, 6.45) is 0.769. The van der Waals surface area contributed by atoms with Gasteiger partial charge in [-0.3, -0.25) is 4.79 Å². The van der Waals surface area contributed by atoms with E-state index in [2.05, 4.69) is 20.7 Å². The molecule has 1 rings (SSSR count). The van der Waals surface area contributed by atoms with Gasteiger partial charge in [0.2, 0.25) is 0 Å². The van der Waals surface area contributed by atoms with Gasteiger partial charge in [-0.15, -0.1) is 0 Å². The summed E-state index contributed by atoms with van der Waals surface area (Å²) in [7, 11) is 1.33. The molecule has 16 heavy (non-hydrogen) atoms. The first-order valence-electron chi connectivity index (χ1n) is 4.78. The van der Waals surface area contributed by atoms with Crippen molar-refractivity contribution in [3.8, 4) is 5.75 Å². The van der Waals surface area contributed by atoms with Crippen molar-refractivity contribution < 1.29 is 18.7 Å². The molecule has 3 nitrogen and oxygen atoms in total. The van der Waals surface area contributed by atoms with Crippen molar-refractivity contribution >= 4 is 21.9 Å². The first-order valence-corrected chi connectivity index (χ1v) is 5.57. The van der Waals surface area contributed by atoms with Gasteiger partial charge in [0, 0.05) is 10.9 Å². The predicted molar refractivity (Wildman–Crippen MR) is 60.8 cm³/mol. The summed E-state index contributed by atoms with van der Waals surface area (Å²) in [6.45, 7) is 0.280. The van der Waals surface area contributed by atoms with Crippen molar-refractivity contribution in [2.45, 2.75) is 12.8 Å². The number of hydrogen-bond acceptors (Lipinski definition) is 3. The van der Waals surface area contributed by atoms with Gasteiger partial charge in [0.05, 0.1) is 13.7 Å². The van der Waals surface area contributed by atoms with E-state index in [0.29, 0.717) is 6.42 Å². The smallest absolute Gasteiger partial charge is 0.305 e. The molecule has 0 atom stereocenters. The number of benzene rings is 1. The van der Waals surface area contributed by atoms with Crippen LogP contribution in [-0.4, -0.2) is 19.7 Å². The Balaban J connectivity index is 2.37. The number of esters is 1. The van der Waals surface area contributed by atoms with E-state index in [1.54, 1.807) is 12.1 Å². The maximum Gasteiger partial charge on any atom is 0.305 e. The third kappa shape index (κ3) is 4.18. The Labute approximate surface area is 102 Å². The van der Waals surface area contributed by atoms with Gasteiger partial charge in [-0.05, 0) is 24.6 Å². The molecule has 0 radical (unpaired) electrons. The summed E-state index contributed by atoms with van der Waals surface area (Å²) in [5.41, 5.74) is 0. The third-order valence-electron chi connectivity index (χ3n) is 1.90. The lowest BCUT2D eigenvalue weighted by Gasteiger charge is -2.06. The summed E-state index contributed by atoms with van der Waals surface area (Å²) in [4.78, 5) is 10.8. The fourth-order valence-electron chi connectivity index (χ4n) is 1.09. The van der Waals surface area contributed by atoms with Gasteiger partial charge in [0.25, 0.3) is 0 Å². The molecule has 0 aromatic heterocycles. The highest BCUT2D eigenvalue weighted by molar-refractivity contribution is 9.10. The summed E-state index contributed by atoms with van der Waals surface area (Å²) in [5, 5.41) is 0. The first kappa shape index (κ1) is 13.0. The summed E-state index contributed by atoms with van der Waals surface area (Å²) < 4.78 is 23.6. The Morgan fingerprint density at radius 1 is 1.50 bits per heavy atom. The topological polar surface area (TPSA) is 35.5 Å². The molecule has 0 amide bonds. The van der Waals surface area contributed by atoms with E-state index in [9.17, 15) is 9.18 Å². The summed E-state index contributed by atoms with van der Waals surface area (Å²) in [5.74, 6) is -0.529. The van der Waals surface area contributed by atoms with E-state index in [0.717, 1.165) is 4.47 Å². The number of carbonyl (C=O) groups is 1. The van der Waals surface area contributed by atoms with Gasteiger partial charge in [-0.1, -0.05) is 15.9 Å². The second-order valence-electron chi connectivity index (χ2n) is 3.10. The van der Waals surface area contributed by atoms with E-state index in [4.69, 9.17) is 4.74 Å². The molecule has 0 bridgehead atoms. The number of carbonyl (C=O) groups excluding carboxylic acids is 1. The SMILES string of the molecule is COC(=O)CCCOc1cc(Br)ccc1F. The highest BCUT2D eigenvalue weighted by Crippen LogP contribution is 2.22. The van der Waals surface area contributed by atoms with Crippen LogP contribution in [0.25, 0.3) is 0 Å². The molecule has 5 heteroatoms. The van der Waals surface area contributed by atoms with E-state index in [1.807, 2.05) is 0 Å². The molecule has 0 N–H and O–H groups in total. The minimum absolute atomic E-state index is 0.180. The van der Waals surface area contributed by atoms with Crippen molar-refractivity contribution in [3.63, 3.8) is 0 Å². The van der Waals surface area contributed by atoms with Crippen LogP contribution < -0.4 is 4.74 Å². The Bertz CT molecular complexity index is 368. The average molecular weight is 291 g/mol. The Hall–Kier alpha value is -1.10. The molecule has 0 aliphatic rings. The van der Waals surface area contributed by atoms with Crippen molar-refractivity contribution in [3.05, 3.63) is 28.5 Å². The second-order valence-corrected chi connectivity index (χ2v) is 4.02. The van der Waals surface area contributed by atoms with Gasteiger partial charge in [-0.25, -0.2) is 4.39 Å². The highest BCUT2D eigenvalue weighted by Gasteiger charge is 2.05. The van der Waals surface area contributed by atoms with Gasteiger partial charge in [0.15, 0.2) is 11.6 Å². The van der Waals surface area contributed by atoms with Crippen molar-refractivity contribution in [1.82, 2.24) is 0 Å². The van der Waals surface area contributed by atoms with Crippen LogP contribution in [0.5, 0.6) is 5.75 Å². The molecule has 0 heterocycles. The quantitative estimate of drug-likeness (QED) is 0.618. The number of rotatable bonds is 5. The molecular weight excluding hydrogens is 279 g/mol. The van der Waals surface area contributed by atoms with Crippen LogP contribution in [0, 0.1) is 5.82 Å². The predicted octanol–water partition coefficient (Wildman–Crippen LogP) is 2.92. The standard InChI is InChI=1S/C11H12BrFO3/c1-15-11(14)3-2-6-16-10-7-8(12)4-5-9(10)13/h4-5,7H,2-3,6H2,1H3. The molecule has 0 unspecified atom stereocenters. The van der Waals surface area contributed by atoms with E-state index < -0.39 is 5.82 Å². The molecule has 0 saturated heterocycles. The average Bonchev–Trinajstić information content (AvgIpc) is 2.28. The molecular formula is C11H12BrFO3. The van der Waals surface area contributed by atoms with Crippen molar-refractivity contribution in [2.75, 3.05) is 13.7 Å². The van der Waals surface area contributed by atoms with Crippen LogP contribution in [0.4, 0.5) is 4.39 Å². The van der Waals surface area contributed by atoms with Gasteiger partial charge in [-0.2, -0.15) is 0 Å². The van der Waals surface area contributed by atoms with Crippen LogP contribution in [0.3, 0.4) is 0 Å². The zero-order chi connectivity index (χ0) is 12.0. The normalized spacial score (nSPS) is 9.94. The van der Waals surface area contributed by atoms with Crippen LogP contribution in [-0.2, 0) is 9.53 Å². The lowest BCUT2D eigenvalue weighted by Crippen LogP contribution is -2.05. The Morgan fingerprint density at radius 2 is 2.25 bits per heavy atom. The lowest BCUT2D eigenvalue weighted by molar-refractivity contribution is -0.140. The van der Waals surface area contributed by atoms with Crippen LogP contribution >= 0.6 is 15.9 Å². The van der Waals surface area contributed by atoms with Gasteiger partial charge in [0.1, 0.15) is 0 Å². The molecule has 1 aromatic carbocycles. The van der Waals surface area contributed by atoms with Crippen LogP contribution in [0.1, 0.15) is 12.8 Å². The minimum Gasteiger partial charge on any atom is -0.490 e. The Morgan fingerprint density at radius 3 is 2.94 bits per heavy atom. The molecule has 88 valence electrons. The lowest BCUT2D eigenvalue weighted by atomic mass is 10.3. The number of ether oxygens (including phenoxy) is 2. The molecule has 0 aliphatic carbocycles. The fourth-order valence-corrected chi connectivity index (χ4v) is 1.43. The fraction of sp³-hybridized carbons (Fsp3) is 0.364. The van der Waals surface area contributed by atoms with Crippen molar-refractivity contribution in [1.29, 1.82) is 0 Å². The molecule has 0 saturated carbocycles. The maximum absolute atomic E-state index is 13.2. The zero-order valence-electron chi connectivity index (χ0n) is 8.83. The monoisotopic (exact) mass is 290 g/mol. The molecule has 0 fully saturated rings. The third-order valence-corrected chi connectivity index (χ3v) is 2.40. The zero-order valence-corrected chi connectivity index (χ0v) is 10.4. The number of hydrogen-bond donors (Lipinski definition) is 0. The highest BCUT2D eigenvalue weighted by atomic mass is 79.9. The van der Waals surface area contributed by atoms with Crippen molar-refractivity contribution in [2.24, 2.45) is 0 Å². The maximum atomic E-state index is 13.2. The molecule has 1 aromatic rings. The molecule has 0 aliphatic heterocycles. The van der Waals surface area contributed by atoms with Crippen LogP contribution in [0.15, 0.2) is 22.7 Å². The number of halogens is 2. The first-order chi connectivity index (χ1) is 7.63. The summed E-state index contributed by atoms with van der Waals surface area (Å²) >= 11 is 3.22. The molecule has 0 spiro atoms. The largest absolute Gasteiger partial charge is 0.490 e. The van der Waals surface area contributed by atoms with Crippen LogP contribution in [0.2, 0.25) is 0 Å². The Kier molecular flexibility index (Phi) is 5.25. The number of methoxy groups -OCH3 is 1. The minimum atomic E-state index is -0.415. The van der Waals surface area contributed by atoms with E-state index >= 15 is 0 Å². The van der Waals surface area contributed by atoms with E-state index in [-0.39, 0.29) is 24.7 Å². The van der Waals surface area contributed by atoms with E-state index in [1.165, 1.54) is 13.2 Å². The summed E-state index contributed by atoms with van der Waals surface area (Å²) in [6, 6.07) is 4.46. The van der Waals surface area contributed by atoms with Gasteiger partial charge < -0.3 is 9.47 Å².